The van der Waals surface area contributed by atoms with Gasteiger partial charge < -0.3 is 24.8 Å². The van der Waals surface area contributed by atoms with Crippen molar-refractivity contribution in [2.24, 2.45) is 0 Å². The molecule has 0 radical (unpaired) electrons. The Hall–Kier alpha value is 1.12. The summed E-state index contributed by atoms with van der Waals surface area (Å²) in [7, 11) is 0. The van der Waals surface area contributed by atoms with Gasteiger partial charge in [-0.15, -0.1) is 0 Å². The molecule has 4 heteroatoms. The van der Waals surface area contributed by atoms with Gasteiger partial charge in [-0.1, -0.05) is 0 Å². The molecular weight excluding hydrogens is 283 g/mol. The molecule has 0 nitrogen and oxygen atoms in total. The molecule has 0 saturated carbocycles. The molecular formula is C11H17Cl2STi. The van der Waals surface area contributed by atoms with Gasteiger partial charge in [0, 0.05) is 0 Å². The summed E-state index contributed by atoms with van der Waals surface area (Å²) in [6.07, 6.45) is 9.75. The van der Waals surface area contributed by atoms with Crippen LogP contribution in [0.1, 0.15) is 32.6 Å². The van der Waals surface area contributed by atoms with Crippen molar-refractivity contribution in [3.05, 3.63) is 21.6 Å². The van der Waals surface area contributed by atoms with E-state index < -0.39 is 0 Å². The molecule has 0 saturated heterocycles. The van der Waals surface area contributed by atoms with E-state index in [-0.39, 0.29) is 24.8 Å². The molecule has 0 aliphatic heterocycles. The number of hydrogen-bond donors (Lipinski definition) is 0. The number of allylic oxidation sites excluding steroid dienone is 4. The maximum atomic E-state index is 2.30. The third-order valence-electron chi connectivity index (χ3n) is 2.19. The van der Waals surface area contributed by atoms with E-state index in [4.69, 9.17) is 0 Å². The van der Waals surface area contributed by atoms with Gasteiger partial charge in [0.15, 0.2) is 0 Å². The van der Waals surface area contributed by atoms with Crippen molar-refractivity contribution in [2.45, 2.75) is 32.6 Å². The van der Waals surface area contributed by atoms with Crippen LogP contribution in [0.5, 0.6) is 0 Å². The maximum Gasteiger partial charge on any atom is -1.00 e. The second kappa shape index (κ2) is 11.6. The van der Waals surface area contributed by atoms with Gasteiger partial charge in [-0.3, -0.25) is 0 Å². The molecule has 0 aromatic heterocycles. The molecule has 0 unspecified atom stereocenters. The fraction of sp³-hybridized carbons (Fsp3) is 0.636. The van der Waals surface area contributed by atoms with Gasteiger partial charge in [-0.25, -0.2) is 0 Å². The zero-order valence-electron chi connectivity index (χ0n) is 9.06. The van der Waals surface area contributed by atoms with E-state index >= 15 is 0 Å². The Morgan fingerprint density at radius 2 is 2.07 bits per heavy atom. The molecule has 0 fully saturated rings. The Balaban J connectivity index is 0. The zero-order valence-corrected chi connectivity index (χ0v) is 13.0. The second-order valence-electron chi connectivity index (χ2n) is 3.33. The molecule has 0 N–H and O–H groups in total. The molecule has 0 atom stereocenters. The number of thioether (sulfide) groups is 1. The van der Waals surface area contributed by atoms with Crippen LogP contribution in [0.25, 0.3) is 0 Å². The number of unbranched alkanes of at least 4 members (excludes halogenated alkanes) is 1. The molecule has 0 aromatic rings. The molecule has 0 aromatic carbocycles. The molecule has 1 aliphatic carbocycles. The van der Waals surface area contributed by atoms with Gasteiger partial charge in [0.2, 0.25) is 0 Å². The summed E-state index contributed by atoms with van der Waals surface area (Å²) in [5.41, 5.74) is 1.59. The predicted octanol–water partition coefficient (Wildman–Crippen LogP) is -2.32. The van der Waals surface area contributed by atoms with Gasteiger partial charge in [0.1, 0.15) is 0 Å². The first-order valence-electron chi connectivity index (χ1n) is 5.02. The number of hydrogen-bond acceptors (Lipinski definition) is 1. The average Bonchev–Trinajstić information content (AvgIpc) is 2.52. The Labute approximate surface area is 122 Å². The molecule has 85 valence electrons. The molecule has 1 rings (SSSR count). The van der Waals surface area contributed by atoms with E-state index in [2.05, 4.69) is 51.3 Å². The van der Waals surface area contributed by atoms with Gasteiger partial charge in [-0.2, -0.15) is 0 Å². The smallest absolute Gasteiger partial charge is 1.00 e. The molecule has 0 bridgehead atoms. The Morgan fingerprint density at radius 3 is 2.60 bits per heavy atom. The summed E-state index contributed by atoms with van der Waals surface area (Å²) in [5.74, 6) is 2.64. The van der Waals surface area contributed by atoms with Crippen LogP contribution in [0.4, 0.5) is 0 Å². The van der Waals surface area contributed by atoms with Gasteiger partial charge >= 0.3 is 97.9 Å². The van der Waals surface area contributed by atoms with Crippen LogP contribution in [0.2, 0.25) is 0 Å². The van der Waals surface area contributed by atoms with Crippen LogP contribution in [0.15, 0.2) is 21.6 Å². The van der Waals surface area contributed by atoms with Crippen molar-refractivity contribution in [1.29, 1.82) is 0 Å². The standard InChI is InChI=1S/C11H17S.2ClH.Ti/c1-2-3-9-12-10-8-11-6-4-5-7-11;;;/h4,6H,2-3,5,8-10H2,1H3;2*1H;/q;;;+2/p-2. The quantitative estimate of drug-likeness (QED) is 0.392. The third-order valence-corrected chi connectivity index (χ3v) is 4.08. The van der Waals surface area contributed by atoms with Crippen LogP contribution >= 0.6 is 11.8 Å². The summed E-state index contributed by atoms with van der Waals surface area (Å²) in [6, 6.07) is 0. The van der Waals surface area contributed by atoms with Crippen LogP contribution in [0, 0.1) is 0 Å². The minimum atomic E-state index is 0. The van der Waals surface area contributed by atoms with Crippen molar-refractivity contribution in [2.75, 3.05) is 11.5 Å². The average molecular weight is 300 g/mol. The van der Waals surface area contributed by atoms with Crippen molar-refractivity contribution in [3.63, 3.8) is 0 Å². The monoisotopic (exact) mass is 299 g/mol. The Morgan fingerprint density at radius 1 is 1.33 bits per heavy atom. The summed E-state index contributed by atoms with van der Waals surface area (Å²) in [4.78, 5) is 0. The number of rotatable bonds is 6. The summed E-state index contributed by atoms with van der Waals surface area (Å²) >= 11 is 4.35. The molecule has 0 spiro atoms. The predicted molar refractivity (Wildman–Crippen MR) is 57.6 cm³/mol. The molecule has 15 heavy (non-hydrogen) atoms. The molecule has 0 amide bonds. The summed E-state index contributed by atoms with van der Waals surface area (Å²) in [6.45, 7) is 2.26. The van der Waals surface area contributed by atoms with Crippen molar-refractivity contribution in [1.82, 2.24) is 0 Å². The molecule has 1 aliphatic rings. The first-order chi connectivity index (χ1) is 6.34. The van der Waals surface area contributed by atoms with Crippen molar-refractivity contribution in [3.8, 4) is 0 Å². The first-order valence-corrected chi connectivity index (χ1v) is 6.96. The maximum absolute atomic E-state index is 2.30. The fourth-order valence-corrected chi connectivity index (χ4v) is 2.89. The van der Waals surface area contributed by atoms with E-state index in [0.29, 0.717) is 0 Å². The van der Waals surface area contributed by atoms with Crippen LogP contribution in [-0.4, -0.2) is 11.5 Å². The van der Waals surface area contributed by atoms with E-state index in [1.165, 1.54) is 37.2 Å². The third kappa shape index (κ3) is 7.93. The first kappa shape index (κ1) is 18.5. The SMILES string of the molecule is CCCCSCCC1=[C]([Ti+2])CC=C1.[Cl-].[Cl-]. The minimum absolute atomic E-state index is 0. The molecule has 0 heterocycles. The van der Waals surface area contributed by atoms with E-state index in [1.54, 1.807) is 9.45 Å². The Kier molecular flexibility index (Phi) is 14.3. The zero-order chi connectivity index (χ0) is 9.52. The Bertz CT molecular complexity index is 215. The van der Waals surface area contributed by atoms with Crippen LogP contribution in [-0.2, 0) is 20.4 Å². The largest absolute Gasteiger partial charge is 1.00 e. The fourth-order valence-electron chi connectivity index (χ4n) is 1.32. The van der Waals surface area contributed by atoms with E-state index in [0.717, 1.165) is 0 Å². The van der Waals surface area contributed by atoms with Gasteiger partial charge in [-0.05, 0) is 0 Å². The van der Waals surface area contributed by atoms with Crippen molar-refractivity contribution >= 4 is 11.8 Å². The number of halogens is 2. The minimum Gasteiger partial charge on any atom is -1.00 e. The van der Waals surface area contributed by atoms with E-state index in [9.17, 15) is 0 Å². The van der Waals surface area contributed by atoms with Gasteiger partial charge in [0.05, 0.1) is 0 Å². The van der Waals surface area contributed by atoms with Gasteiger partial charge in [0.25, 0.3) is 0 Å². The summed E-state index contributed by atoms with van der Waals surface area (Å²) < 4.78 is 1.58. The topological polar surface area (TPSA) is 0 Å². The van der Waals surface area contributed by atoms with Crippen LogP contribution in [0.3, 0.4) is 0 Å². The van der Waals surface area contributed by atoms with Crippen molar-refractivity contribution < 1.29 is 45.2 Å². The second-order valence-corrected chi connectivity index (χ2v) is 5.49. The van der Waals surface area contributed by atoms with Crippen LogP contribution < -0.4 is 24.8 Å². The normalized spacial score (nSPS) is 13.8. The summed E-state index contributed by atoms with van der Waals surface area (Å²) in [5, 5.41) is 0. The van der Waals surface area contributed by atoms with E-state index in [1.807, 2.05) is 0 Å².